The smallest absolute Gasteiger partial charge is 0.205 e. The molecule has 0 N–H and O–H groups in total. The van der Waals surface area contributed by atoms with Crippen LogP contribution >= 0.6 is 0 Å². The summed E-state index contributed by atoms with van der Waals surface area (Å²) in [5.74, 6) is 0. The Hall–Kier alpha value is -1.65. The van der Waals surface area contributed by atoms with Gasteiger partial charge >= 0.3 is 6.18 Å². The van der Waals surface area contributed by atoms with Crippen molar-refractivity contribution in [2.75, 3.05) is 0 Å². The third-order valence-electron chi connectivity index (χ3n) is 2.48. The van der Waals surface area contributed by atoms with Gasteiger partial charge in [0.2, 0.25) is 0 Å². The van der Waals surface area contributed by atoms with E-state index in [-0.39, 0.29) is 5.39 Å². The summed E-state index contributed by atoms with van der Waals surface area (Å²) >= 11 is 0. The predicted molar refractivity (Wildman–Crippen MR) is 53.9 cm³/mol. The first kappa shape index (κ1) is 11.8. The normalized spacial score (nSPS) is 12.4. The summed E-state index contributed by atoms with van der Waals surface area (Å²) in [6.07, 6.45) is -7.56. The predicted octanol–water partition coefficient (Wildman–Crippen LogP) is 4.80. The number of halogens is 5. The van der Waals surface area contributed by atoms with E-state index in [1.54, 1.807) is 0 Å². The van der Waals surface area contributed by atoms with Gasteiger partial charge in [0.1, 0.15) is 0 Å². The van der Waals surface area contributed by atoms with E-state index in [1.807, 2.05) is 0 Å². The van der Waals surface area contributed by atoms with Crippen LogP contribution in [0.3, 0.4) is 0 Å². The van der Waals surface area contributed by atoms with Gasteiger partial charge < -0.3 is 0 Å². The lowest BCUT2D eigenvalue weighted by Gasteiger charge is -2.13. The van der Waals surface area contributed by atoms with Crippen molar-refractivity contribution in [2.45, 2.75) is 12.6 Å². The maximum absolute atomic E-state index is 12.7. The molecule has 0 radical (unpaired) electrons. The van der Waals surface area contributed by atoms with E-state index in [1.165, 1.54) is 24.3 Å². The zero-order valence-corrected chi connectivity index (χ0v) is 8.43. The van der Waals surface area contributed by atoms with Crippen molar-refractivity contribution >= 4 is 10.8 Å². The van der Waals surface area contributed by atoms with Crippen molar-refractivity contribution in [3.63, 3.8) is 0 Å². The molecular formula is C12H7F5. The maximum Gasteiger partial charge on any atom is 0.417 e. The molecule has 90 valence electrons. The van der Waals surface area contributed by atoms with Gasteiger partial charge in [0.05, 0.1) is 5.56 Å². The first-order chi connectivity index (χ1) is 7.91. The van der Waals surface area contributed by atoms with Gasteiger partial charge in [-0.2, -0.15) is 13.2 Å². The van der Waals surface area contributed by atoms with Crippen LogP contribution in [0.2, 0.25) is 0 Å². The maximum atomic E-state index is 12.7. The molecule has 0 spiro atoms. The molecule has 2 aromatic rings. The standard InChI is InChI=1S/C12H7F5/c13-11(14)8-5-1-3-7-4-2-6-9(10(7)8)12(15,16)17/h1-6,11H. The van der Waals surface area contributed by atoms with Crippen LogP contribution < -0.4 is 0 Å². The molecule has 0 saturated carbocycles. The summed E-state index contributed by atoms with van der Waals surface area (Å²) < 4.78 is 63.5. The third-order valence-corrected chi connectivity index (χ3v) is 2.48. The van der Waals surface area contributed by atoms with Crippen LogP contribution in [0.5, 0.6) is 0 Å². The van der Waals surface area contributed by atoms with Crippen molar-refractivity contribution < 1.29 is 22.0 Å². The average Bonchev–Trinajstić information content (AvgIpc) is 2.26. The molecule has 0 unspecified atom stereocenters. The highest BCUT2D eigenvalue weighted by molar-refractivity contribution is 5.89. The highest BCUT2D eigenvalue weighted by atomic mass is 19.4. The molecule has 0 aliphatic heterocycles. The van der Waals surface area contributed by atoms with Gasteiger partial charge in [-0.25, -0.2) is 8.78 Å². The van der Waals surface area contributed by atoms with E-state index >= 15 is 0 Å². The quantitative estimate of drug-likeness (QED) is 0.634. The number of fused-ring (bicyclic) bond motifs is 1. The van der Waals surface area contributed by atoms with Gasteiger partial charge in [0.15, 0.2) is 0 Å². The SMILES string of the molecule is FC(F)c1cccc2cccc(C(F)(F)F)c12. The molecule has 0 nitrogen and oxygen atoms in total. The summed E-state index contributed by atoms with van der Waals surface area (Å²) in [7, 11) is 0. The van der Waals surface area contributed by atoms with Gasteiger partial charge in [-0.1, -0.05) is 30.3 Å². The number of hydrogen-bond donors (Lipinski definition) is 0. The first-order valence-electron chi connectivity index (χ1n) is 4.78. The van der Waals surface area contributed by atoms with Gasteiger partial charge in [0.25, 0.3) is 6.43 Å². The second-order valence-corrected chi connectivity index (χ2v) is 3.55. The van der Waals surface area contributed by atoms with Gasteiger partial charge in [0, 0.05) is 10.9 Å². The molecule has 17 heavy (non-hydrogen) atoms. The summed E-state index contributed by atoms with van der Waals surface area (Å²) in [6, 6.07) is 7.13. The van der Waals surface area contributed by atoms with Gasteiger partial charge in [-0.15, -0.1) is 0 Å². The lowest BCUT2D eigenvalue weighted by Crippen LogP contribution is -2.07. The van der Waals surface area contributed by atoms with Crippen LogP contribution in [0, 0.1) is 0 Å². The van der Waals surface area contributed by atoms with Crippen LogP contribution in [0.15, 0.2) is 36.4 Å². The summed E-state index contributed by atoms with van der Waals surface area (Å²) in [5.41, 5.74) is -1.61. The van der Waals surface area contributed by atoms with E-state index in [9.17, 15) is 22.0 Å². The van der Waals surface area contributed by atoms with Crippen molar-refractivity contribution in [2.24, 2.45) is 0 Å². The fourth-order valence-electron chi connectivity index (χ4n) is 1.79. The van der Waals surface area contributed by atoms with Crippen molar-refractivity contribution in [1.29, 1.82) is 0 Å². The Balaban J connectivity index is 2.86. The fraction of sp³-hybridized carbons (Fsp3) is 0.167. The van der Waals surface area contributed by atoms with E-state index in [0.717, 1.165) is 12.1 Å². The Labute approximate surface area is 93.7 Å². The average molecular weight is 246 g/mol. The van der Waals surface area contributed by atoms with Gasteiger partial charge in [-0.05, 0) is 11.5 Å². The van der Waals surface area contributed by atoms with E-state index in [2.05, 4.69) is 0 Å². The number of rotatable bonds is 1. The minimum absolute atomic E-state index is 0.164. The molecule has 0 amide bonds. The van der Waals surface area contributed by atoms with Gasteiger partial charge in [-0.3, -0.25) is 0 Å². The summed E-state index contributed by atoms with van der Waals surface area (Å²) in [6.45, 7) is 0. The molecular weight excluding hydrogens is 239 g/mol. The Morgan fingerprint density at radius 1 is 0.882 bits per heavy atom. The van der Waals surface area contributed by atoms with Crippen molar-refractivity contribution in [1.82, 2.24) is 0 Å². The highest BCUT2D eigenvalue weighted by Gasteiger charge is 2.33. The Morgan fingerprint density at radius 3 is 2.00 bits per heavy atom. The Morgan fingerprint density at radius 2 is 1.47 bits per heavy atom. The largest absolute Gasteiger partial charge is 0.417 e. The minimum atomic E-state index is -4.63. The molecule has 5 heteroatoms. The molecule has 0 bridgehead atoms. The van der Waals surface area contributed by atoms with Crippen molar-refractivity contribution in [3.05, 3.63) is 47.5 Å². The summed E-state index contributed by atoms with van der Waals surface area (Å²) in [5, 5.41) is -0.255. The second-order valence-electron chi connectivity index (χ2n) is 3.55. The molecule has 2 rings (SSSR count). The molecule has 0 aromatic heterocycles. The fourth-order valence-corrected chi connectivity index (χ4v) is 1.79. The highest BCUT2D eigenvalue weighted by Crippen LogP contribution is 2.38. The Bertz CT molecular complexity index is 537. The molecule has 0 atom stereocenters. The zero-order valence-electron chi connectivity index (χ0n) is 8.43. The second kappa shape index (κ2) is 3.98. The van der Waals surface area contributed by atoms with Crippen molar-refractivity contribution in [3.8, 4) is 0 Å². The first-order valence-corrected chi connectivity index (χ1v) is 4.78. The lowest BCUT2D eigenvalue weighted by atomic mass is 9.99. The Kier molecular flexibility index (Phi) is 2.77. The van der Waals surface area contributed by atoms with Crippen LogP contribution in [-0.4, -0.2) is 0 Å². The number of benzene rings is 2. The monoisotopic (exact) mass is 246 g/mol. The lowest BCUT2D eigenvalue weighted by molar-refractivity contribution is -0.136. The van der Waals surface area contributed by atoms with Crippen LogP contribution in [0.25, 0.3) is 10.8 Å². The number of hydrogen-bond acceptors (Lipinski definition) is 0. The molecule has 0 aliphatic carbocycles. The van der Waals surface area contributed by atoms with E-state index in [0.29, 0.717) is 0 Å². The molecule has 0 fully saturated rings. The number of alkyl halides is 5. The van der Waals surface area contributed by atoms with Crippen LogP contribution in [-0.2, 0) is 6.18 Å². The third kappa shape index (κ3) is 2.09. The van der Waals surface area contributed by atoms with Crippen LogP contribution in [0.4, 0.5) is 22.0 Å². The minimum Gasteiger partial charge on any atom is -0.205 e. The molecule has 2 aromatic carbocycles. The van der Waals surface area contributed by atoms with Crippen LogP contribution in [0.1, 0.15) is 17.6 Å². The topological polar surface area (TPSA) is 0 Å². The molecule has 0 saturated heterocycles. The molecule has 0 aliphatic rings. The summed E-state index contributed by atoms with van der Waals surface area (Å²) in [4.78, 5) is 0. The van der Waals surface area contributed by atoms with E-state index in [4.69, 9.17) is 0 Å². The van der Waals surface area contributed by atoms with E-state index < -0.39 is 29.1 Å². The zero-order chi connectivity index (χ0) is 12.6. The molecule has 0 heterocycles.